The number of carbonyl (C=O) groups excluding carboxylic acids is 1. The molecule has 5 aliphatic carbocycles. The molecule has 29 heavy (non-hydrogen) atoms. The fourth-order valence-corrected chi connectivity index (χ4v) is 8.90. The van der Waals surface area contributed by atoms with Crippen LogP contribution in [0, 0.1) is 17.3 Å². The molecule has 1 amide bonds. The minimum atomic E-state index is -3.60. The molecule has 0 radical (unpaired) electrons. The molecule has 6 nitrogen and oxygen atoms in total. The van der Waals surface area contributed by atoms with E-state index in [2.05, 4.69) is 26.0 Å². The topological polar surface area (TPSA) is 84.5 Å². The molecule has 1 aromatic carbocycles. The summed E-state index contributed by atoms with van der Waals surface area (Å²) >= 11 is 3.95. The molecule has 0 spiro atoms. The van der Waals surface area contributed by atoms with Crippen LogP contribution in [0.4, 0.5) is 5.69 Å². The van der Waals surface area contributed by atoms with E-state index in [1.807, 2.05) is 0 Å². The molecule has 2 atom stereocenters. The van der Waals surface area contributed by atoms with Gasteiger partial charge in [0.2, 0.25) is 15.9 Å². The minimum absolute atomic E-state index is 0.00146. The fraction of sp³-hybridized carbons (Fsp3) is 0.667. The summed E-state index contributed by atoms with van der Waals surface area (Å²) in [5.41, 5.74) is 0.0512. The third-order valence-corrected chi connectivity index (χ3v) is 9.55. The Morgan fingerprint density at radius 3 is 2.45 bits per heavy atom. The number of amides is 1. The van der Waals surface area contributed by atoms with Crippen molar-refractivity contribution in [3.63, 3.8) is 0 Å². The van der Waals surface area contributed by atoms with E-state index in [1.54, 1.807) is 6.07 Å². The molecule has 0 saturated heterocycles. The molecule has 5 saturated carbocycles. The lowest BCUT2D eigenvalue weighted by atomic mass is 9.49. The highest BCUT2D eigenvalue weighted by Crippen LogP contribution is 2.64. The van der Waals surface area contributed by atoms with Gasteiger partial charge in [-0.2, -0.15) is 0 Å². The summed E-state index contributed by atoms with van der Waals surface area (Å²) < 4.78 is 33.4. The van der Waals surface area contributed by atoms with Gasteiger partial charge in [-0.1, -0.05) is 15.9 Å². The quantitative estimate of drug-likeness (QED) is 0.603. The molecule has 158 valence electrons. The molecule has 5 fully saturated rings. The molecular formula is C21H27BrN2O4S. The molecular weight excluding hydrogens is 456 g/mol. The molecule has 0 aromatic heterocycles. The van der Waals surface area contributed by atoms with Gasteiger partial charge in [-0.15, -0.1) is 0 Å². The molecule has 8 heteroatoms. The van der Waals surface area contributed by atoms with Crippen LogP contribution in [0.15, 0.2) is 23.1 Å². The third kappa shape index (κ3) is 3.61. The molecule has 4 bridgehead atoms. The number of halogens is 1. The van der Waals surface area contributed by atoms with Gasteiger partial charge < -0.3 is 10.1 Å². The van der Waals surface area contributed by atoms with Crippen LogP contribution in [0.5, 0.6) is 5.75 Å². The van der Waals surface area contributed by atoms with Crippen molar-refractivity contribution < 1.29 is 17.9 Å². The van der Waals surface area contributed by atoms with Crippen molar-refractivity contribution in [3.8, 4) is 5.75 Å². The van der Waals surface area contributed by atoms with Crippen LogP contribution in [-0.2, 0) is 14.8 Å². The van der Waals surface area contributed by atoms with Gasteiger partial charge in [-0.25, -0.2) is 13.1 Å². The predicted octanol–water partition coefficient (Wildman–Crippen LogP) is 3.81. The molecule has 6 rings (SSSR count). The molecule has 2 unspecified atom stereocenters. The van der Waals surface area contributed by atoms with Crippen molar-refractivity contribution in [2.75, 3.05) is 12.4 Å². The number of alkyl halides is 1. The van der Waals surface area contributed by atoms with Crippen molar-refractivity contribution in [1.82, 2.24) is 4.72 Å². The number of benzene rings is 1. The molecule has 0 aliphatic heterocycles. The first kappa shape index (κ1) is 19.8. The van der Waals surface area contributed by atoms with Crippen LogP contribution in [0.25, 0.3) is 0 Å². The van der Waals surface area contributed by atoms with Gasteiger partial charge in [0.05, 0.1) is 23.1 Å². The van der Waals surface area contributed by atoms with Gasteiger partial charge in [0, 0.05) is 10.4 Å². The number of anilines is 1. The molecule has 1 aromatic rings. The Bertz CT molecular complexity index is 945. The van der Waals surface area contributed by atoms with E-state index >= 15 is 0 Å². The summed E-state index contributed by atoms with van der Waals surface area (Å²) in [7, 11) is -2.07. The summed E-state index contributed by atoms with van der Waals surface area (Å²) in [4.78, 5) is 13.6. The van der Waals surface area contributed by atoms with E-state index in [-0.39, 0.29) is 26.6 Å². The van der Waals surface area contributed by atoms with Crippen LogP contribution in [-0.4, -0.2) is 31.8 Å². The van der Waals surface area contributed by atoms with Crippen LogP contribution in [0.1, 0.15) is 51.4 Å². The predicted molar refractivity (Wildman–Crippen MR) is 114 cm³/mol. The third-order valence-electron chi connectivity index (χ3n) is 7.10. The first-order valence-corrected chi connectivity index (χ1v) is 12.7. The zero-order chi connectivity index (χ0) is 20.4. The lowest BCUT2D eigenvalue weighted by Gasteiger charge is -2.59. The summed E-state index contributed by atoms with van der Waals surface area (Å²) in [5, 5.41) is 3.04. The zero-order valence-corrected chi connectivity index (χ0v) is 18.9. The maximum Gasteiger partial charge on any atom is 0.240 e. The fourth-order valence-electron chi connectivity index (χ4n) is 6.11. The van der Waals surface area contributed by atoms with E-state index in [0.29, 0.717) is 23.3 Å². The second-order valence-electron chi connectivity index (χ2n) is 9.60. The Hall–Kier alpha value is -1.12. The van der Waals surface area contributed by atoms with Crippen LogP contribution >= 0.6 is 15.9 Å². The first-order valence-electron chi connectivity index (χ1n) is 10.4. The lowest BCUT2D eigenvalue weighted by molar-refractivity contribution is -0.138. The van der Waals surface area contributed by atoms with Crippen molar-refractivity contribution in [3.05, 3.63) is 18.2 Å². The van der Waals surface area contributed by atoms with Crippen molar-refractivity contribution >= 4 is 37.5 Å². The Kier molecular flexibility index (Phi) is 4.57. The standard InChI is InChI=1S/C21H27BrN2O4S/c1-28-18-5-4-16(29(26,27)24-15-2-3-15)7-17(18)23-19(25)20-8-13-6-14(9-20)11-21(22,10-13)12-20/h4-5,7,13-15,24H,2-3,6,8-12H2,1H3,(H,23,25). The van der Waals surface area contributed by atoms with Gasteiger partial charge in [0.25, 0.3) is 0 Å². The maximum atomic E-state index is 13.5. The number of hydrogen-bond donors (Lipinski definition) is 2. The summed E-state index contributed by atoms with van der Waals surface area (Å²) in [5.74, 6) is 1.66. The first-order chi connectivity index (χ1) is 13.7. The maximum absolute atomic E-state index is 13.5. The average molecular weight is 483 g/mol. The smallest absolute Gasteiger partial charge is 0.240 e. The molecule has 5 aliphatic rings. The molecule has 2 N–H and O–H groups in total. The van der Waals surface area contributed by atoms with Gasteiger partial charge >= 0.3 is 0 Å². The van der Waals surface area contributed by atoms with Gasteiger partial charge in [0.15, 0.2) is 0 Å². The van der Waals surface area contributed by atoms with Gasteiger partial charge in [-0.3, -0.25) is 4.79 Å². The van der Waals surface area contributed by atoms with Crippen molar-refractivity contribution in [2.45, 2.75) is 66.6 Å². The van der Waals surface area contributed by atoms with Gasteiger partial charge in [-0.05, 0) is 81.4 Å². The van der Waals surface area contributed by atoms with E-state index in [9.17, 15) is 13.2 Å². The summed E-state index contributed by atoms with van der Waals surface area (Å²) in [6.07, 6.45) is 7.98. The van der Waals surface area contributed by atoms with Crippen LogP contribution in [0.2, 0.25) is 0 Å². The van der Waals surface area contributed by atoms with Crippen LogP contribution < -0.4 is 14.8 Å². The SMILES string of the molecule is COc1ccc(S(=O)(=O)NC2CC2)cc1NC(=O)C12CC3CC(CC(Br)(C3)C1)C2. The number of methoxy groups -OCH3 is 1. The Morgan fingerprint density at radius 1 is 1.17 bits per heavy atom. The van der Waals surface area contributed by atoms with Crippen molar-refractivity contribution in [1.29, 1.82) is 0 Å². The van der Waals surface area contributed by atoms with E-state index in [1.165, 1.54) is 25.7 Å². The second kappa shape index (κ2) is 6.69. The van der Waals surface area contributed by atoms with E-state index in [4.69, 9.17) is 4.74 Å². The number of rotatable bonds is 6. The Balaban J connectivity index is 1.42. The Morgan fingerprint density at radius 2 is 1.86 bits per heavy atom. The number of sulfonamides is 1. The Labute approximate surface area is 180 Å². The normalized spacial score (nSPS) is 35.5. The monoisotopic (exact) mass is 482 g/mol. The highest BCUT2D eigenvalue weighted by molar-refractivity contribution is 9.10. The summed E-state index contributed by atoms with van der Waals surface area (Å²) in [6.45, 7) is 0. The van der Waals surface area contributed by atoms with Gasteiger partial charge in [0.1, 0.15) is 5.75 Å². The van der Waals surface area contributed by atoms with E-state index in [0.717, 1.165) is 44.9 Å². The largest absolute Gasteiger partial charge is 0.495 e. The average Bonchev–Trinajstić information content (AvgIpc) is 3.43. The number of ether oxygens (including phenoxy) is 1. The number of hydrogen-bond acceptors (Lipinski definition) is 4. The number of nitrogens with one attached hydrogen (secondary N) is 2. The highest BCUT2D eigenvalue weighted by atomic mass is 79.9. The zero-order valence-electron chi connectivity index (χ0n) is 16.5. The number of carbonyl (C=O) groups is 1. The van der Waals surface area contributed by atoms with Crippen molar-refractivity contribution in [2.24, 2.45) is 17.3 Å². The highest BCUT2D eigenvalue weighted by Gasteiger charge is 2.59. The van der Waals surface area contributed by atoms with Crippen LogP contribution in [0.3, 0.4) is 0 Å². The second-order valence-corrected chi connectivity index (χ2v) is 13.0. The summed E-state index contributed by atoms with van der Waals surface area (Å²) in [6, 6.07) is 4.69. The minimum Gasteiger partial charge on any atom is -0.495 e. The van der Waals surface area contributed by atoms with E-state index < -0.39 is 10.0 Å². The molecule has 0 heterocycles. The lowest BCUT2D eigenvalue weighted by Crippen LogP contribution is -2.57.